The number of carbonyl (C=O) groups excluding carboxylic acids is 3. The number of nitrogens with two attached hydrogens (primary N) is 1. The largest absolute Gasteiger partial charge is 0.489 e. The molecule has 2 aromatic carbocycles. The molecule has 221 valence electrons. The fourth-order valence-corrected chi connectivity index (χ4v) is 5.85. The summed E-state index contributed by atoms with van der Waals surface area (Å²) in [7, 11) is 0. The van der Waals surface area contributed by atoms with Crippen molar-refractivity contribution in [1.29, 1.82) is 0 Å². The van der Waals surface area contributed by atoms with Crippen molar-refractivity contribution >= 4 is 17.7 Å². The Morgan fingerprint density at radius 3 is 2.27 bits per heavy atom. The topological polar surface area (TPSA) is 114 Å². The van der Waals surface area contributed by atoms with Crippen LogP contribution in [0.1, 0.15) is 68.9 Å². The first-order valence-corrected chi connectivity index (χ1v) is 15.1. The lowest BCUT2D eigenvalue weighted by Crippen LogP contribution is -2.50. The lowest BCUT2D eigenvalue weighted by molar-refractivity contribution is -0.130. The van der Waals surface area contributed by atoms with Crippen LogP contribution in [0.15, 0.2) is 54.6 Å². The second-order valence-corrected chi connectivity index (χ2v) is 11.5. The van der Waals surface area contributed by atoms with Crippen molar-refractivity contribution < 1.29 is 19.1 Å². The van der Waals surface area contributed by atoms with Gasteiger partial charge in [0.2, 0.25) is 17.7 Å². The molecule has 0 aromatic heterocycles. The van der Waals surface area contributed by atoms with E-state index in [4.69, 9.17) is 10.5 Å². The van der Waals surface area contributed by atoms with Gasteiger partial charge in [-0.05, 0) is 68.5 Å². The normalized spacial score (nSPS) is 17.8. The molecular weight excluding hydrogens is 516 g/mol. The molecule has 1 atom stereocenters. The summed E-state index contributed by atoms with van der Waals surface area (Å²) in [4.78, 5) is 40.9. The number of rotatable bonds is 14. The van der Waals surface area contributed by atoms with Gasteiger partial charge in [-0.25, -0.2) is 0 Å². The number of carbonyl (C=O) groups is 3. The van der Waals surface area contributed by atoms with E-state index in [-0.39, 0.29) is 17.7 Å². The number of nitrogens with one attached hydrogen (secondary N) is 2. The van der Waals surface area contributed by atoms with Gasteiger partial charge in [0.15, 0.2) is 0 Å². The van der Waals surface area contributed by atoms with Crippen LogP contribution < -0.4 is 21.1 Å². The molecule has 1 saturated heterocycles. The van der Waals surface area contributed by atoms with E-state index in [9.17, 15) is 14.4 Å². The van der Waals surface area contributed by atoms with Gasteiger partial charge in [0.1, 0.15) is 18.4 Å². The van der Waals surface area contributed by atoms with E-state index in [2.05, 4.69) is 15.5 Å². The van der Waals surface area contributed by atoms with Gasteiger partial charge in [-0.1, -0.05) is 68.1 Å². The Balaban J connectivity index is 1.34. The molecule has 4 N–H and O–H groups in total. The van der Waals surface area contributed by atoms with Gasteiger partial charge < -0.3 is 26.0 Å². The van der Waals surface area contributed by atoms with E-state index >= 15 is 0 Å². The highest BCUT2D eigenvalue weighted by Gasteiger charge is 2.38. The third-order valence-electron chi connectivity index (χ3n) is 8.43. The smallest absolute Gasteiger partial charge is 0.242 e. The summed E-state index contributed by atoms with van der Waals surface area (Å²) in [6, 6.07) is 16.8. The highest BCUT2D eigenvalue weighted by atomic mass is 16.5. The van der Waals surface area contributed by atoms with Crippen molar-refractivity contribution in [2.45, 2.75) is 76.9 Å². The predicted octanol–water partition coefficient (Wildman–Crippen LogP) is 3.93. The van der Waals surface area contributed by atoms with Gasteiger partial charge in [0, 0.05) is 24.9 Å². The second-order valence-electron chi connectivity index (χ2n) is 11.5. The standard InChI is InChI=1S/C33H45N4O4/c34-32(40)33(17-6-2-7-18-33)19-16-30(38)36-29(31(39)35-20-23-37-21-8-3-9-22-37)24-26-12-14-28(15-13-26)41-25-27-10-4-1-5-11-27/h1,4-5,10-16,29H,2-3,6-9,17-25H2,(H2,34,40)(H,35,39)(H,36,38). The number of nitrogens with zero attached hydrogens (tertiary/aromatic N) is 1. The molecule has 2 aliphatic rings. The number of primary amides is 1. The highest BCUT2D eigenvalue weighted by molar-refractivity contribution is 5.92. The lowest BCUT2D eigenvalue weighted by Gasteiger charge is -2.34. The monoisotopic (exact) mass is 561 g/mol. The third-order valence-corrected chi connectivity index (χ3v) is 8.43. The molecule has 4 rings (SSSR count). The van der Waals surface area contributed by atoms with Crippen LogP contribution in [0.2, 0.25) is 0 Å². The molecule has 8 heteroatoms. The molecule has 1 radical (unpaired) electrons. The average molecular weight is 562 g/mol. The van der Waals surface area contributed by atoms with Gasteiger partial charge in [-0.15, -0.1) is 0 Å². The third kappa shape index (κ3) is 9.59. The van der Waals surface area contributed by atoms with Crippen LogP contribution in [-0.4, -0.2) is 54.8 Å². The maximum Gasteiger partial charge on any atom is 0.242 e. The minimum absolute atomic E-state index is 0.213. The zero-order chi connectivity index (χ0) is 28.9. The first-order chi connectivity index (χ1) is 19.9. The van der Waals surface area contributed by atoms with Gasteiger partial charge in [0.05, 0.1) is 6.42 Å². The van der Waals surface area contributed by atoms with Crippen molar-refractivity contribution in [3.63, 3.8) is 0 Å². The Labute approximate surface area is 244 Å². The molecule has 1 unspecified atom stereocenters. The van der Waals surface area contributed by atoms with Crippen LogP contribution in [0.3, 0.4) is 0 Å². The summed E-state index contributed by atoms with van der Waals surface area (Å²) in [5.41, 5.74) is 7.08. The molecule has 2 aromatic rings. The minimum Gasteiger partial charge on any atom is -0.489 e. The fourth-order valence-electron chi connectivity index (χ4n) is 5.85. The Kier molecular flexibility index (Phi) is 11.6. The number of likely N-dealkylation sites (tertiary alicyclic amines) is 1. The molecule has 1 aliphatic carbocycles. The summed E-state index contributed by atoms with van der Waals surface area (Å²) in [5, 5.41) is 5.94. The van der Waals surface area contributed by atoms with E-state index in [1.54, 1.807) is 0 Å². The number of ether oxygens (including phenoxy) is 1. The van der Waals surface area contributed by atoms with Crippen molar-refractivity contribution in [1.82, 2.24) is 15.5 Å². The summed E-state index contributed by atoms with van der Waals surface area (Å²) in [6.07, 6.45) is 10.1. The zero-order valence-electron chi connectivity index (χ0n) is 24.1. The molecule has 0 spiro atoms. The SMILES string of the molecule is NC(=O)C1(C[CH]C(=O)NC(Cc2ccc(OCc3ccccc3)cc2)C(=O)NCCN2CCCCC2)CCCCC1. The Morgan fingerprint density at radius 2 is 1.59 bits per heavy atom. The Bertz CT molecular complexity index is 1110. The second kappa shape index (κ2) is 15.6. The van der Waals surface area contributed by atoms with Crippen molar-refractivity contribution in [2.75, 3.05) is 26.2 Å². The van der Waals surface area contributed by atoms with Crippen LogP contribution in [0.25, 0.3) is 0 Å². The quantitative estimate of drug-likeness (QED) is 0.324. The number of hydrogen-bond acceptors (Lipinski definition) is 5. The van der Waals surface area contributed by atoms with Gasteiger partial charge in [0.25, 0.3) is 0 Å². The van der Waals surface area contributed by atoms with Gasteiger partial charge >= 0.3 is 0 Å². The van der Waals surface area contributed by atoms with Crippen molar-refractivity contribution in [3.8, 4) is 5.75 Å². The summed E-state index contributed by atoms with van der Waals surface area (Å²) >= 11 is 0. The van der Waals surface area contributed by atoms with E-state index in [0.29, 0.717) is 38.8 Å². The highest BCUT2D eigenvalue weighted by Crippen LogP contribution is 2.39. The zero-order valence-corrected chi connectivity index (χ0v) is 24.1. The lowest BCUT2D eigenvalue weighted by atomic mass is 9.70. The van der Waals surface area contributed by atoms with Crippen molar-refractivity contribution in [2.24, 2.45) is 11.1 Å². The number of hydrogen-bond donors (Lipinski definition) is 3. The van der Waals surface area contributed by atoms with Crippen LogP contribution in [0.5, 0.6) is 5.75 Å². The van der Waals surface area contributed by atoms with E-state index in [1.807, 2.05) is 54.6 Å². The summed E-state index contributed by atoms with van der Waals surface area (Å²) in [6.45, 7) is 3.93. The maximum atomic E-state index is 13.3. The molecule has 0 bridgehead atoms. The molecule has 1 saturated carbocycles. The first-order valence-electron chi connectivity index (χ1n) is 15.1. The first kappa shape index (κ1) is 30.6. The van der Waals surface area contributed by atoms with Gasteiger partial charge in [-0.3, -0.25) is 14.4 Å². The van der Waals surface area contributed by atoms with Crippen LogP contribution in [0.4, 0.5) is 0 Å². The molecule has 1 aliphatic heterocycles. The molecule has 2 fully saturated rings. The van der Waals surface area contributed by atoms with E-state index < -0.39 is 11.5 Å². The predicted molar refractivity (Wildman–Crippen MR) is 160 cm³/mol. The van der Waals surface area contributed by atoms with E-state index in [1.165, 1.54) is 25.7 Å². The Hall–Kier alpha value is -3.39. The number of piperidine rings is 1. The molecular formula is C33H45N4O4. The molecule has 8 nitrogen and oxygen atoms in total. The number of amides is 3. The minimum atomic E-state index is -0.743. The average Bonchev–Trinajstić information content (AvgIpc) is 3.01. The van der Waals surface area contributed by atoms with Crippen LogP contribution >= 0.6 is 0 Å². The van der Waals surface area contributed by atoms with Gasteiger partial charge in [-0.2, -0.15) is 0 Å². The molecule has 3 amide bonds. The maximum absolute atomic E-state index is 13.3. The molecule has 41 heavy (non-hydrogen) atoms. The fraction of sp³-hybridized carbons (Fsp3) is 0.515. The Morgan fingerprint density at radius 1 is 0.902 bits per heavy atom. The van der Waals surface area contributed by atoms with Crippen molar-refractivity contribution in [3.05, 3.63) is 72.1 Å². The van der Waals surface area contributed by atoms with Crippen LogP contribution in [-0.2, 0) is 27.4 Å². The molecule has 1 heterocycles. The van der Waals surface area contributed by atoms with E-state index in [0.717, 1.165) is 55.8 Å². The summed E-state index contributed by atoms with van der Waals surface area (Å²) < 4.78 is 5.90. The van der Waals surface area contributed by atoms with Crippen LogP contribution in [0, 0.1) is 11.8 Å². The summed E-state index contributed by atoms with van der Waals surface area (Å²) in [5.74, 6) is -0.171. The number of benzene rings is 2.